The summed E-state index contributed by atoms with van der Waals surface area (Å²) >= 11 is 0. The summed E-state index contributed by atoms with van der Waals surface area (Å²) in [5, 5.41) is 15.7. The molecule has 3 rings (SSSR count). The average molecular weight is 559 g/mol. The molecule has 0 amide bonds. The maximum atomic E-state index is 12.0. The van der Waals surface area contributed by atoms with Crippen LogP contribution in [-0.4, -0.2) is 51.0 Å². The van der Waals surface area contributed by atoms with Gasteiger partial charge in [-0.3, -0.25) is 13.7 Å². The third kappa shape index (κ3) is 5.03. The first-order valence-electron chi connectivity index (χ1n) is 8.98. The van der Waals surface area contributed by atoms with Crippen molar-refractivity contribution in [1.29, 1.82) is 5.26 Å². The molecule has 0 atom stereocenters. The predicted octanol–water partition coefficient (Wildman–Crippen LogP) is 1.43. The third-order valence-corrected chi connectivity index (χ3v) is 7.19. The number of azo groups is 1. The van der Waals surface area contributed by atoms with Crippen molar-refractivity contribution < 1.29 is 43.6 Å². The summed E-state index contributed by atoms with van der Waals surface area (Å²) in [6.07, 6.45) is 0. The van der Waals surface area contributed by atoms with Gasteiger partial charge in [-0.1, -0.05) is 0 Å². The molecule has 7 N–H and O–H groups in total. The highest BCUT2D eigenvalue weighted by molar-refractivity contribution is 7.87. The second-order valence-electron chi connectivity index (χ2n) is 6.84. The number of hydrogen-bond donors (Lipinski definition) is 5. The molecule has 0 aliphatic heterocycles. The standard InChI is InChI=1S/C17H14N6O10S3/c1-33-17-10(6-18)14(19)15(16(20)21-17)23-22-11-5-9-7(3-13(11)36(30,31)32)2-8(34(24,25)26)4-12(9)35(27,28)29/h2-5H,1H3,(H4,19,20,21)(H,24,25,26)(H,27,28,29)(H,30,31,32)/b23-22+. The van der Waals surface area contributed by atoms with Gasteiger partial charge in [-0.05, 0) is 29.7 Å². The van der Waals surface area contributed by atoms with Crippen molar-refractivity contribution in [3.8, 4) is 11.9 Å². The van der Waals surface area contributed by atoms with E-state index in [0.29, 0.717) is 18.2 Å². The van der Waals surface area contributed by atoms with Crippen molar-refractivity contribution in [2.45, 2.75) is 14.7 Å². The Labute approximate surface area is 203 Å². The van der Waals surface area contributed by atoms with Gasteiger partial charge in [0.1, 0.15) is 27.1 Å². The van der Waals surface area contributed by atoms with Crippen molar-refractivity contribution >= 4 is 64.0 Å². The molecule has 0 saturated carbocycles. The molecule has 1 aromatic heterocycles. The molecule has 1 heterocycles. The van der Waals surface area contributed by atoms with Gasteiger partial charge in [-0.2, -0.15) is 35.5 Å². The number of pyridine rings is 1. The normalized spacial score (nSPS) is 12.6. The number of rotatable bonds is 6. The number of methoxy groups -OCH3 is 1. The molecule has 0 spiro atoms. The number of nitriles is 1. The van der Waals surface area contributed by atoms with E-state index >= 15 is 0 Å². The molecule has 0 bridgehead atoms. The lowest BCUT2D eigenvalue weighted by Crippen LogP contribution is -2.05. The molecule has 0 saturated heterocycles. The Hall–Kier alpha value is -3.93. The zero-order valence-electron chi connectivity index (χ0n) is 17.7. The molecule has 0 aliphatic carbocycles. The largest absolute Gasteiger partial charge is 0.480 e. The Kier molecular flexibility index (Phi) is 6.62. The van der Waals surface area contributed by atoms with Crippen LogP contribution in [0.5, 0.6) is 5.88 Å². The molecule has 0 fully saturated rings. The third-order valence-electron chi connectivity index (χ3n) is 4.59. The first-order chi connectivity index (χ1) is 16.5. The summed E-state index contributed by atoms with van der Waals surface area (Å²) < 4.78 is 104. The van der Waals surface area contributed by atoms with Crippen molar-refractivity contribution in [2.75, 3.05) is 18.6 Å². The van der Waals surface area contributed by atoms with E-state index in [9.17, 15) is 44.2 Å². The van der Waals surface area contributed by atoms with Crippen molar-refractivity contribution in [3.63, 3.8) is 0 Å². The highest BCUT2D eigenvalue weighted by Gasteiger charge is 2.25. The minimum atomic E-state index is -5.13. The van der Waals surface area contributed by atoms with Gasteiger partial charge in [-0.25, -0.2) is 0 Å². The maximum Gasteiger partial charge on any atom is 0.296 e. The topological polar surface area (TPSA) is 286 Å². The predicted molar refractivity (Wildman–Crippen MR) is 122 cm³/mol. The number of ether oxygens (including phenoxy) is 1. The number of nitrogen functional groups attached to an aromatic ring is 2. The Balaban J connectivity index is 2.41. The van der Waals surface area contributed by atoms with E-state index in [1.807, 2.05) is 0 Å². The highest BCUT2D eigenvalue weighted by Crippen LogP contribution is 2.39. The number of aromatic nitrogens is 1. The molecule has 16 nitrogen and oxygen atoms in total. The molecule has 0 radical (unpaired) electrons. The number of hydrogen-bond acceptors (Lipinski definition) is 13. The first kappa shape index (κ1) is 26.7. The van der Waals surface area contributed by atoms with Gasteiger partial charge in [0.25, 0.3) is 30.4 Å². The SMILES string of the molecule is COc1nc(N)c(/N=N/c2cc3c(S(=O)(=O)O)cc(S(=O)(=O)O)cc3cc2S(=O)(=O)O)c(N)c1C#N. The van der Waals surface area contributed by atoms with Gasteiger partial charge in [0.05, 0.1) is 17.7 Å². The van der Waals surface area contributed by atoms with Gasteiger partial charge in [0.2, 0.25) is 5.88 Å². The molecule has 36 heavy (non-hydrogen) atoms. The summed E-state index contributed by atoms with van der Waals surface area (Å²) in [5.41, 5.74) is 9.86. The van der Waals surface area contributed by atoms with E-state index in [0.717, 1.165) is 6.07 Å². The highest BCUT2D eigenvalue weighted by atomic mass is 32.2. The van der Waals surface area contributed by atoms with Crippen LogP contribution in [0, 0.1) is 11.3 Å². The minimum Gasteiger partial charge on any atom is -0.480 e. The maximum absolute atomic E-state index is 12.0. The minimum absolute atomic E-state index is 0.233. The van der Waals surface area contributed by atoms with E-state index in [-0.39, 0.29) is 17.1 Å². The van der Waals surface area contributed by atoms with Crippen molar-refractivity contribution in [3.05, 3.63) is 29.8 Å². The summed E-state index contributed by atoms with van der Waals surface area (Å²) in [6.45, 7) is 0. The molecule has 3 aromatic rings. The monoisotopic (exact) mass is 558 g/mol. The number of fused-ring (bicyclic) bond motifs is 1. The molecular weight excluding hydrogens is 544 g/mol. The fourth-order valence-electron chi connectivity index (χ4n) is 3.02. The number of nitrogens with two attached hydrogens (primary N) is 2. The molecule has 0 aliphatic rings. The van der Waals surface area contributed by atoms with E-state index in [1.54, 1.807) is 6.07 Å². The Morgan fingerprint density at radius 3 is 2.03 bits per heavy atom. The lowest BCUT2D eigenvalue weighted by Gasteiger charge is -2.11. The van der Waals surface area contributed by atoms with Crippen LogP contribution in [0.25, 0.3) is 10.8 Å². The molecule has 2 aromatic carbocycles. The van der Waals surface area contributed by atoms with E-state index in [2.05, 4.69) is 15.2 Å². The molecule has 190 valence electrons. The van der Waals surface area contributed by atoms with Crippen LogP contribution in [0.2, 0.25) is 0 Å². The lowest BCUT2D eigenvalue weighted by atomic mass is 10.1. The van der Waals surface area contributed by atoms with E-state index < -0.39 is 73.0 Å². The molecule has 0 unspecified atom stereocenters. The summed E-state index contributed by atoms with van der Waals surface area (Å²) in [4.78, 5) is 0.762. The smallest absolute Gasteiger partial charge is 0.296 e. The quantitative estimate of drug-likeness (QED) is 0.211. The number of anilines is 2. The van der Waals surface area contributed by atoms with Gasteiger partial charge in [0, 0.05) is 5.39 Å². The summed E-state index contributed by atoms with van der Waals surface area (Å²) in [7, 11) is -14.0. The lowest BCUT2D eigenvalue weighted by molar-refractivity contribution is 0.397. The zero-order chi connectivity index (χ0) is 27.2. The Morgan fingerprint density at radius 1 is 0.917 bits per heavy atom. The second kappa shape index (κ2) is 8.94. The van der Waals surface area contributed by atoms with Crippen LogP contribution >= 0.6 is 0 Å². The fraction of sp³-hybridized carbons (Fsp3) is 0.0588. The van der Waals surface area contributed by atoms with E-state index in [4.69, 9.17) is 16.2 Å². The number of benzene rings is 2. The summed E-state index contributed by atoms with van der Waals surface area (Å²) in [5.74, 6) is -0.624. The molecular formula is C17H14N6O10S3. The van der Waals surface area contributed by atoms with Crippen molar-refractivity contribution in [2.24, 2.45) is 10.2 Å². The first-order valence-corrected chi connectivity index (χ1v) is 13.3. The molecule has 19 heteroatoms. The van der Waals surface area contributed by atoms with Crippen molar-refractivity contribution in [1.82, 2.24) is 4.98 Å². The van der Waals surface area contributed by atoms with Gasteiger partial charge in [-0.15, -0.1) is 10.2 Å². The average Bonchev–Trinajstić information content (AvgIpc) is 2.75. The summed E-state index contributed by atoms with van der Waals surface area (Å²) in [6, 6.07) is 4.20. The Morgan fingerprint density at radius 2 is 1.53 bits per heavy atom. The van der Waals surface area contributed by atoms with Gasteiger partial charge in [0.15, 0.2) is 11.5 Å². The van der Waals surface area contributed by atoms with Crippen LogP contribution < -0.4 is 16.2 Å². The second-order valence-corrected chi connectivity index (χ2v) is 11.0. The van der Waals surface area contributed by atoms with Crippen LogP contribution in [0.3, 0.4) is 0 Å². The van der Waals surface area contributed by atoms with Gasteiger partial charge >= 0.3 is 0 Å². The number of nitrogens with zero attached hydrogens (tertiary/aromatic N) is 4. The van der Waals surface area contributed by atoms with Crippen LogP contribution in [-0.2, 0) is 30.4 Å². The Bertz CT molecular complexity index is 1830. The van der Waals surface area contributed by atoms with Crippen LogP contribution in [0.1, 0.15) is 5.56 Å². The van der Waals surface area contributed by atoms with E-state index in [1.165, 1.54) is 7.11 Å². The van der Waals surface area contributed by atoms with Crippen LogP contribution in [0.15, 0.2) is 49.2 Å². The van der Waals surface area contributed by atoms with Gasteiger partial charge < -0.3 is 16.2 Å². The van der Waals surface area contributed by atoms with Crippen LogP contribution in [0.4, 0.5) is 22.9 Å². The fourth-order valence-corrected chi connectivity index (χ4v) is 5.01. The zero-order valence-corrected chi connectivity index (χ0v) is 20.1.